The molecule has 122 valence electrons. The number of rotatable bonds is 3. The van der Waals surface area contributed by atoms with Gasteiger partial charge in [0.05, 0.1) is 17.2 Å². The molecule has 0 spiro atoms. The third-order valence-electron chi connectivity index (χ3n) is 4.21. The standard InChI is InChI=1S/C18H22FN3O/c1-12-7-14(10-20-9-12)13-5-6-15-16(8-13)21(4)17(23)22(15)11-18(2,3)19/h6-10,13H,5,11H2,1-4H3. The summed E-state index contributed by atoms with van der Waals surface area (Å²) >= 11 is 0. The minimum atomic E-state index is -1.43. The van der Waals surface area contributed by atoms with Crippen LogP contribution in [0.3, 0.4) is 0 Å². The van der Waals surface area contributed by atoms with Gasteiger partial charge in [-0.25, -0.2) is 9.18 Å². The Morgan fingerprint density at radius 1 is 1.35 bits per heavy atom. The number of imidazole rings is 1. The van der Waals surface area contributed by atoms with Gasteiger partial charge in [-0.15, -0.1) is 0 Å². The summed E-state index contributed by atoms with van der Waals surface area (Å²) < 4.78 is 17.2. The summed E-state index contributed by atoms with van der Waals surface area (Å²) in [5, 5.41) is 1.68. The van der Waals surface area contributed by atoms with Crippen molar-refractivity contribution < 1.29 is 4.39 Å². The maximum absolute atomic E-state index is 14.0. The first-order valence-electron chi connectivity index (χ1n) is 7.84. The summed E-state index contributed by atoms with van der Waals surface area (Å²) in [6.45, 7) is 5.07. The zero-order valence-electron chi connectivity index (χ0n) is 14.0. The van der Waals surface area contributed by atoms with E-state index >= 15 is 0 Å². The van der Waals surface area contributed by atoms with Crippen molar-refractivity contribution in [1.82, 2.24) is 14.1 Å². The van der Waals surface area contributed by atoms with Gasteiger partial charge in [-0.2, -0.15) is 0 Å². The molecule has 23 heavy (non-hydrogen) atoms. The van der Waals surface area contributed by atoms with E-state index in [9.17, 15) is 9.18 Å². The Morgan fingerprint density at radius 3 is 2.74 bits per heavy atom. The van der Waals surface area contributed by atoms with Gasteiger partial charge in [-0.05, 0) is 38.3 Å². The van der Waals surface area contributed by atoms with E-state index in [1.165, 1.54) is 18.4 Å². The molecule has 4 nitrogen and oxygen atoms in total. The maximum Gasteiger partial charge on any atom is 0.328 e. The number of pyridine rings is 1. The van der Waals surface area contributed by atoms with Crippen LogP contribution in [0.2, 0.25) is 0 Å². The van der Waals surface area contributed by atoms with Crippen LogP contribution in [0, 0.1) is 6.92 Å². The van der Waals surface area contributed by atoms with Gasteiger partial charge >= 0.3 is 5.69 Å². The third kappa shape index (κ3) is 3.00. The van der Waals surface area contributed by atoms with Gasteiger partial charge in [0.2, 0.25) is 0 Å². The van der Waals surface area contributed by atoms with Crippen molar-refractivity contribution in [3.63, 3.8) is 0 Å². The summed E-state index contributed by atoms with van der Waals surface area (Å²) in [7, 11) is 1.74. The van der Waals surface area contributed by atoms with Gasteiger partial charge in [-0.3, -0.25) is 14.1 Å². The van der Waals surface area contributed by atoms with Gasteiger partial charge in [0.1, 0.15) is 5.67 Å². The molecule has 0 fully saturated rings. The number of alkyl halides is 1. The number of hydrogen-bond donors (Lipinski definition) is 0. The van der Waals surface area contributed by atoms with Crippen LogP contribution in [0.15, 0.2) is 23.3 Å². The quantitative estimate of drug-likeness (QED) is 0.859. The van der Waals surface area contributed by atoms with Crippen LogP contribution >= 0.6 is 0 Å². The minimum Gasteiger partial charge on any atom is -0.295 e. The van der Waals surface area contributed by atoms with E-state index in [-0.39, 0.29) is 18.2 Å². The third-order valence-corrected chi connectivity index (χ3v) is 4.21. The SMILES string of the molecule is Cc1cncc(C2C=c3c(n(CC(C)(C)F)c(=O)n3C)=CC2)c1. The zero-order valence-corrected chi connectivity index (χ0v) is 14.0. The lowest BCUT2D eigenvalue weighted by Crippen LogP contribution is -2.39. The lowest BCUT2D eigenvalue weighted by atomic mass is 9.93. The second-order valence-corrected chi connectivity index (χ2v) is 6.93. The number of fused-ring (bicyclic) bond motifs is 1. The number of aryl methyl sites for hydroxylation is 1. The molecule has 2 heterocycles. The summed E-state index contributed by atoms with van der Waals surface area (Å²) in [5.74, 6) is 0.190. The summed E-state index contributed by atoms with van der Waals surface area (Å²) in [6, 6.07) is 2.12. The first kappa shape index (κ1) is 15.7. The average Bonchev–Trinajstić information content (AvgIpc) is 2.71. The molecule has 0 amide bonds. The van der Waals surface area contributed by atoms with Gasteiger partial charge in [0.15, 0.2) is 0 Å². The van der Waals surface area contributed by atoms with E-state index < -0.39 is 5.67 Å². The molecule has 0 bridgehead atoms. The highest BCUT2D eigenvalue weighted by Gasteiger charge is 2.22. The number of nitrogens with zero attached hydrogens (tertiary/aromatic N) is 3. The monoisotopic (exact) mass is 315 g/mol. The first-order valence-corrected chi connectivity index (χ1v) is 7.84. The summed E-state index contributed by atoms with van der Waals surface area (Å²) in [4.78, 5) is 16.7. The Hall–Kier alpha value is -2.17. The normalized spacial score (nSPS) is 17.3. The molecule has 0 aliphatic heterocycles. The molecule has 0 saturated heterocycles. The van der Waals surface area contributed by atoms with Crippen LogP contribution in [0.5, 0.6) is 0 Å². The van der Waals surface area contributed by atoms with Gasteiger partial charge in [-0.1, -0.05) is 18.2 Å². The highest BCUT2D eigenvalue weighted by molar-refractivity contribution is 5.46. The Kier molecular flexibility index (Phi) is 3.74. The molecule has 1 atom stereocenters. The molecule has 2 aromatic rings. The number of aromatic nitrogens is 3. The van der Waals surface area contributed by atoms with E-state index in [0.717, 1.165) is 28.2 Å². The van der Waals surface area contributed by atoms with Crippen molar-refractivity contribution >= 4 is 12.2 Å². The fourth-order valence-corrected chi connectivity index (χ4v) is 3.15. The van der Waals surface area contributed by atoms with Crippen molar-refractivity contribution in [2.24, 2.45) is 7.05 Å². The second kappa shape index (κ2) is 5.48. The van der Waals surface area contributed by atoms with Crippen LogP contribution in [0.1, 0.15) is 37.3 Å². The molecule has 1 aliphatic rings. The lowest BCUT2D eigenvalue weighted by molar-refractivity contribution is 0.182. The van der Waals surface area contributed by atoms with Gasteiger partial charge < -0.3 is 0 Å². The largest absolute Gasteiger partial charge is 0.328 e. The Morgan fingerprint density at radius 2 is 2.09 bits per heavy atom. The molecule has 3 rings (SSSR count). The predicted octanol–water partition coefficient (Wildman–Crippen LogP) is 1.39. The van der Waals surface area contributed by atoms with Crippen LogP contribution < -0.4 is 16.4 Å². The van der Waals surface area contributed by atoms with Crippen LogP contribution in [-0.4, -0.2) is 19.8 Å². The van der Waals surface area contributed by atoms with Crippen LogP contribution in [-0.2, 0) is 13.6 Å². The molecule has 5 heteroatoms. The zero-order chi connectivity index (χ0) is 16.8. The predicted molar refractivity (Wildman–Crippen MR) is 89.4 cm³/mol. The van der Waals surface area contributed by atoms with E-state index in [1.54, 1.807) is 11.6 Å². The van der Waals surface area contributed by atoms with Crippen molar-refractivity contribution in [3.8, 4) is 0 Å². The molecular weight excluding hydrogens is 293 g/mol. The molecule has 1 aliphatic carbocycles. The highest BCUT2D eigenvalue weighted by Crippen LogP contribution is 2.23. The van der Waals surface area contributed by atoms with Crippen molar-refractivity contribution in [3.05, 3.63) is 50.8 Å². The van der Waals surface area contributed by atoms with Gasteiger partial charge in [0, 0.05) is 25.4 Å². The Bertz CT molecular complexity index is 915. The van der Waals surface area contributed by atoms with Crippen molar-refractivity contribution in [1.29, 1.82) is 0 Å². The van der Waals surface area contributed by atoms with Gasteiger partial charge in [0.25, 0.3) is 0 Å². The van der Waals surface area contributed by atoms with Crippen molar-refractivity contribution in [2.45, 2.75) is 45.3 Å². The van der Waals surface area contributed by atoms with E-state index in [1.807, 2.05) is 25.4 Å². The highest BCUT2D eigenvalue weighted by atomic mass is 19.1. The van der Waals surface area contributed by atoms with E-state index in [2.05, 4.69) is 17.1 Å². The average molecular weight is 315 g/mol. The first-order chi connectivity index (χ1) is 10.8. The smallest absolute Gasteiger partial charge is 0.295 e. The van der Waals surface area contributed by atoms with Crippen LogP contribution in [0.25, 0.3) is 12.2 Å². The molecule has 0 N–H and O–H groups in total. The lowest BCUT2D eigenvalue weighted by Gasteiger charge is -2.16. The molecule has 0 saturated carbocycles. The van der Waals surface area contributed by atoms with E-state index in [4.69, 9.17) is 0 Å². The van der Waals surface area contributed by atoms with E-state index in [0.29, 0.717) is 0 Å². The molecule has 0 aromatic carbocycles. The molecule has 1 unspecified atom stereocenters. The number of halogens is 1. The van der Waals surface area contributed by atoms with Crippen molar-refractivity contribution in [2.75, 3.05) is 0 Å². The summed E-state index contributed by atoms with van der Waals surface area (Å²) in [6.07, 6.45) is 8.61. The molecule has 0 radical (unpaired) electrons. The minimum absolute atomic E-state index is 0.0655. The topological polar surface area (TPSA) is 39.8 Å². The molecular formula is C18H22FN3O. The summed E-state index contributed by atoms with van der Waals surface area (Å²) in [5.41, 5.74) is 0.658. The Balaban J connectivity index is 2.12. The fourth-order valence-electron chi connectivity index (χ4n) is 3.15. The Labute approximate surface area is 134 Å². The fraction of sp³-hybridized carbons (Fsp3) is 0.444. The second-order valence-electron chi connectivity index (χ2n) is 6.93. The molecule has 2 aromatic heterocycles. The number of hydrogen-bond acceptors (Lipinski definition) is 2. The maximum atomic E-state index is 14.0. The van der Waals surface area contributed by atoms with Crippen LogP contribution in [0.4, 0.5) is 4.39 Å².